The minimum Gasteiger partial charge on any atom is -0.394 e. The van der Waals surface area contributed by atoms with Crippen LogP contribution >= 0.6 is 0 Å². The number of hydrogen-bond donors (Lipinski definition) is 4. The fourth-order valence-electron chi connectivity index (χ4n) is 9.09. The zero-order valence-electron chi connectivity index (χ0n) is 18.1. The predicted molar refractivity (Wildman–Crippen MR) is 109 cm³/mol. The molecule has 0 bridgehead atoms. The van der Waals surface area contributed by atoms with Crippen LogP contribution in [0, 0.1) is 46.3 Å². The molecule has 4 N–H and O–H groups in total. The van der Waals surface area contributed by atoms with Crippen molar-refractivity contribution in [1.29, 1.82) is 0 Å². The van der Waals surface area contributed by atoms with Crippen molar-refractivity contribution in [2.45, 2.75) is 96.9 Å². The van der Waals surface area contributed by atoms with Gasteiger partial charge in [0.1, 0.15) is 0 Å². The SMILES string of the molecule is C[C@H](CC(O)CO)[C@H]1C(O)C[C@H]2[C@@H]3CC(O)C4CCCC[C@]4(C)[C@H]3CC[C@]12C. The molecule has 162 valence electrons. The lowest BCUT2D eigenvalue weighted by Gasteiger charge is -2.62. The zero-order chi connectivity index (χ0) is 20.3. The molecule has 4 aliphatic carbocycles. The highest BCUT2D eigenvalue weighted by atomic mass is 16.3. The number of hydrogen-bond acceptors (Lipinski definition) is 4. The van der Waals surface area contributed by atoms with E-state index in [1.807, 2.05) is 0 Å². The minimum absolute atomic E-state index is 0.0761. The highest BCUT2D eigenvalue weighted by Gasteiger charge is 2.63. The summed E-state index contributed by atoms with van der Waals surface area (Å²) < 4.78 is 0. The van der Waals surface area contributed by atoms with Gasteiger partial charge in [-0.05, 0) is 91.3 Å². The Kier molecular flexibility index (Phi) is 5.66. The first-order valence-corrected chi connectivity index (χ1v) is 11.9. The Labute approximate surface area is 170 Å². The van der Waals surface area contributed by atoms with Crippen LogP contribution in [0.25, 0.3) is 0 Å². The van der Waals surface area contributed by atoms with Gasteiger partial charge in [0, 0.05) is 0 Å². The van der Waals surface area contributed by atoms with Gasteiger partial charge < -0.3 is 20.4 Å². The molecule has 0 aliphatic heterocycles. The van der Waals surface area contributed by atoms with Gasteiger partial charge in [-0.15, -0.1) is 0 Å². The van der Waals surface area contributed by atoms with Crippen LogP contribution in [0.1, 0.15) is 78.6 Å². The Morgan fingerprint density at radius 3 is 2.36 bits per heavy atom. The number of rotatable bonds is 4. The van der Waals surface area contributed by atoms with Crippen molar-refractivity contribution >= 4 is 0 Å². The maximum Gasteiger partial charge on any atom is 0.0773 e. The van der Waals surface area contributed by atoms with Crippen molar-refractivity contribution in [2.24, 2.45) is 46.3 Å². The quantitative estimate of drug-likeness (QED) is 0.589. The summed E-state index contributed by atoms with van der Waals surface area (Å²) in [7, 11) is 0. The van der Waals surface area contributed by atoms with Crippen molar-refractivity contribution in [3.63, 3.8) is 0 Å². The van der Waals surface area contributed by atoms with Crippen molar-refractivity contribution in [2.75, 3.05) is 6.61 Å². The molecular weight excluding hydrogens is 352 g/mol. The Balaban J connectivity index is 1.60. The summed E-state index contributed by atoms with van der Waals surface area (Å²) in [5, 5.41) is 41.4. The molecule has 4 unspecified atom stereocenters. The second kappa shape index (κ2) is 7.51. The first-order chi connectivity index (χ1) is 13.2. The van der Waals surface area contributed by atoms with Gasteiger partial charge in [0.25, 0.3) is 0 Å². The van der Waals surface area contributed by atoms with Gasteiger partial charge in [-0.3, -0.25) is 0 Å². The summed E-state index contributed by atoms with van der Waals surface area (Å²) in [6.07, 6.45) is 8.48. The van der Waals surface area contributed by atoms with Crippen LogP contribution in [0.2, 0.25) is 0 Å². The zero-order valence-corrected chi connectivity index (χ0v) is 18.1. The summed E-state index contributed by atoms with van der Waals surface area (Å²) in [5.74, 6) is 2.50. The van der Waals surface area contributed by atoms with E-state index >= 15 is 0 Å². The fourth-order valence-corrected chi connectivity index (χ4v) is 9.09. The minimum atomic E-state index is -0.695. The average Bonchev–Trinajstić information content (AvgIpc) is 2.92. The smallest absolute Gasteiger partial charge is 0.0773 e. The van der Waals surface area contributed by atoms with Gasteiger partial charge in [-0.2, -0.15) is 0 Å². The molecule has 0 radical (unpaired) electrons. The molecule has 4 heteroatoms. The lowest BCUT2D eigenvalue weighted by atomic mass is 9.44. The van der Waals surface area contributed by atoms with E-state index < -0.39 is 6.10 Å². The topological polar surface area (TPSA) is 80.9 Å². The van der Waals surface area contributed by atoms with Gasteiger partial charge in [-0.1, -0.05) is 33.6 Å². The summed E-state index contributed by atoms with van der Waals surface area (Å²) in [6, 6.07) is 0. The fraction of sp³-hybridized carbons (Fsp3) is 1.00. The van der Waals surface area contributed by atoms with E-state index in [1.54, 1.807) is 0 Å². The molecular formula is C24H42O4. The maximum atomic E-state index is 11.1. The van der Waals surface area contributed by atoms with Crippen molar-refractivity contribution < 1.29 is 20.4 Å². The van der Waals surface area contributed by atoms with Crippen LogP contribution in [0.3, 0.4) is 0 Å². The van der Waals surface area contributed by atoms with E-state index in [1.165, 1.54) is 32.1 Å². The summed E-state index contributed by atoms with van der Waals surface area (Å²) in [6.45, 7) is 6.77. The molecule has 4 nitrogen and oxygen atoms in total. The molecule has 4 fully saturated rings. The third-order valence-corrected chi connectivity index (χ3v) is 10.2. The van der Waals surface area contributed by atoms with Gasteiger partial charge in [0.05, 0.1) is 24.9 Å². The number of aliphatic hydroxyl groups excluding tert-OH is 4. The Hall–Kier alpha value is -0.160. The highest BCUT2D eigenvalue weighted by molar-refractivity contribution is 5.12. The normalized spacial score (nSPS) is 53.0. The van der Waals surface area contributed by atoms with Crippen LogP contribution in [0.15, 0.2) is 0 Å². The summed E-state index contributed by atoms with van der Waals surface area (Å²) >= 11 is 0. The van der Waals surface area contributed by atoms with Gasteiger partial charge in [-0.25, -0.2) is 0 Å². The second-order valence-corrected chi connectivity index (χ2v) is 11.5. The van der Waals surface area contributed by atoms with E-state index in [0.29, 0.717) is 30.1 Å². The molecule has 11 atom stereocenters. The average molecular weight is 395 g/mol. The lowest BCUT2D eigenvalue weighted by molar-refractivity contribution is -0.160. The third-order valence-electron chi connectivity index (χ3n) is 10.2. The van der Waals surface area contributed by atoms with E-state index in [0.717, 1.165) is 19.3 Å². The van der Waals surface area contributed by atoms with Gasteiger partial charge in [0.2, 0.25) is 0 Å². The van der Waals surface area contributed by atoms with Crippen LogP contribution in [0.4, 0.5) is 0 Å². The van der Waals surface area contributed by atoms with E-state index in [-0.39, 0.29) is 41.5 Å². The van der Waals surface area contributed by atoms with Crippen LogP contribution in [0.5, 0.6) is 0 Å². The Morgan fingerprint density at radius 2 is 1.64 bits per heavy atom. The maximum absolute atomic E-state index is 11.1. The molecule has 0 spiro atoms. The van der Waals surface area contributed by atoms with Crippen LogP contribution < -0.4 is 0 Å². The monoisotopic (exact) mass is 394 g/mol. The van der Waals surface area contributed by atoms with Crippen LogP contribution in [-0.2, 0) is 0 Å². The molecule has 0 heterocycles. The van der Waals surface area contributed by atoms with E-state index in [2.05, 4.69) is 20.8 Å². The standard InChI is InChI=1S/C24H42O4/c1-14(10-15(26)13-25)22-21(28)12-19-16-11-20(27)18-6-4-5-8-23(18,2)17(16)7-9-24(19,22)3/h14-22,25-28H,4-13H2,1-3H3/t14-,15?,16-,17+,18?,19+,20?,21?,22+,23-,24+/m1/s1. The first kappa shape index (κ1) is 21.1. The van der Waals surface area contributed by atoms with Crippen LogP contribution in [-0.4, -0.2) is 45.3 Å². The Bertz CT molecular complexity index is 567. The third kappa shape index (κ3) is 3.09. The summed E-state index contributed by atoms with van der Waals surface area (Å²) in [4.78, 5) is 0. The van der Waals surface area contributed by atoms with Gasteiger partial charge in [0.15, 0.2) is 0 Å². The van der Waals surface area contributed by atoms with Crippen molar-refractivity contribution in [3.8, 4) is 0 Å². The molecule has 0 aromatic carbocycles. The number of fused-ring (bicyclic) bond motifs is 5. The molecule has 0 aromatic heterocycles. The molecule has 0 saturated heterocycles. The van der Waals surface area contributed by atoms with Crippen molar-refractivity contribution in [1.82, 2.24) is 0 Å². The summed E-state index contributed by atoms with van der Waals surface area (Å²) in [5.41, 5.74) is 0.344. The predicted octanol–water partition coefficient (Wildman–Crippen LogP) is 3.36. The number of aliphatic hydroxyl groups is 4. The molecule has 4 saturated carbocycles. The molecule has 28 heavy (non-hydrogen) atoms. The van der Waals surface area contributed by atoms with Gasteiger partial charge >= 0.3 is 0 Å². The Morgan fingerprint density at radius 1 is 0.893 bits per heavy atom. The van der Waals surface area contributed by atoms with Crippen molar-refractivity contribution in [3.05, 3.63) is 0 Å². The largest absolute Gasteiger partial charge is 0.394 e. The molecule has 4 rings (SSSR count). The first-order valence-electron chi connectivity index (χ1n) is 11.9. The van der Waals surface area contributed by atoms with E-state index in [9.17, 15) is 20.4 Å². The van der Waals surface area contributed by atoms with E-state index in [4.69, 9.17) is 0 Å². The second-order valence-electron chi connectivity index (χ2n) is 11.5. The molecule has 4 aliphatic rings. The lowest BCUT2D eigenvalue weighted by Crippen LogP contribution is -2.57. The molecule has 0 amide bonds. The highest BCUT2D eigenvalue weighted by Crippen LogP contribution is 2.68. The molecule has 0 aromatic rings.